The van der Waals surface area contributed by atoms with E-state index in [0.29, 0.717) is 6.04 Å². The van der Waals surface area contributed by atoms with Gasteiger partial charge >= 0.3 is 0 Å². The number of nitrogens with one attached hydrogen (secondary N) is 1. The second-order valence-corrected chi connectivity index (χ2v) is 5.45. The van der Waals surface area contributed by atoms with Crippen LogP contribution in [0.2, 0.25) is 0 Å². The number of aromatic nitrogens is 1. The molecule has 1 aromatic heterocycles. The van der Waals surface area contributed by atoms with Crippen LogP contribution >= 0.6 is 0 Å². The number of anilines is 1. The third kappa shape index (κ3) is 3.93. The zero-order valence-electron chi connectivity index (χ0n) is 12.4. The van der Waals surface area contributed by atoms with Gasteiger partial charge in [0.25, 0.3) is 0 Å². The molecule has 1 aromatic rings. The monoisotopic (exact) mass is 261 g/mol. The summed E-state index contributed by atoms with van der Waals surface area (Å²) in [5, 5.41) is 3.50. The number of pyridine rings is 1. The largest absolute Gasteiger partial charge is 0.356 e. The zero-order chi connectivity index (χ0) is 13.5. The topological polar surface area (TPSA) is 28.2 Å². The Balaban J connectivity index is 2.17. The van der Waals surface area contributed by atoms with Crippen LogP contribution in [-0.2, 0) is 0 Å². The Kier molecular flexibility index (Phi) is 5.64. The van der Waals surface area contributed by atoms with Crippen LogP contribution in [0, 0.1) is 0 Å². The molecular formula is C16H27N3. The summed E-state index contributed by atoms with van der Waals surface area (Å²) in [5.41, 5.74) is 1.34. The van der Waals surface area contributed by atoms with Gasteiger partial charge in [-0.05, 0) is 32.4 Å². The maximum Gasteiger partial charge on any atom is 0.133 e. The molecule has 3 nitrogen and oxygen atoms in total. The predicted octanol–water partition coefficient (Wildman–Crippen LogP) is 3.52. The standard InChI is InChI=1S/C16H27N3/c1-3-17-14(2)15-10-9-11-18-16(15)19-12-7-5-4-6-8-13-19/h9-11,14,17H,3-8,12-13H2,1-2H3. The van der Waals surface area contributed by atoms with Crippen LogP contribution in [-0.4, -0.2) is 24.6 Å². The molecule has 1 aliphatic heterocycles. The van der Waals surface area contributed by atoms with Crippen molar-refractivity contribution in [2.75, 3.05) is 24.5 Å². The van der Waals surface area contributed by atoms with Crippen molar-refractivity contribution in [3.63, 3.8) is 0 Å². The van der Waals surface area contributed by atoms with Crippen molar-refractivity contribution >= 4 is 5.82 Å². The fourth-order valence-corrected chi connectivity index (χ4v) is 2.89. The molecule has 1 aliphatic rings. The first-order valence-corrected chi connectivity index (χ1v) is 7.76. The first-order valence-electron chi connectivity index (χ1n) is 7.76. The Hall–Kier alpha value is -1.09. The number of hydrogen-bond acceptors (Lipinski definition) is 3. The molecule has 1 atom stereocenters. The molecular weight excluding hydrogens is 234 g/mol. The zero-order valence-corrected chi connectivity index (χ0v) is 12.4. The van der Waals surface area contributed by atoms with Crippen molar-refractivity contribution < 1.29 is 0 Å². The first-order chi connectivity index (χ1) is 9.33. The lowest BCUT2D eigenvalue weighted by molar-refractivity contribution is 0.546. The Morgan fingerprint density at radius 2 is 1.89 bits per heavy atom. The number of hydrogen-bond donors (Lipinski definition) is 1. The molecule has 3 heteroatoms. The Morgan fingerprint density at radius 3 is 2.58 bits per heavy atom. The minimum atomic E-state index is 0.374. The highest BCUT2D eigenvalue weighted by atomic mass is 15.2. The fourth-order valence-electron chi connectivity index (χ4n) is 2.89. The predicted molar refractivity (Wildman–Crippen MR) is 81.6 cm³/mol. The van der Waals surface area contributed by atoms with E-state index in [1.54, 1.807) is 0 Å². The van der Waals surface area contributed by atoms with Gasteiger partial charge in [-0.3, -0.25) is 0 Å². The van der Waals surface area contributed by atoms with Gasteiger partial charge in [0.1, 0.15) is 5.82 Å². The molecule has 0 bridgehead atoms. The SMILES string of the molecule is CCNC(C)c1cccnc1N1CCCCCCC1. The molecule has 0 aromatic carbocycles. The third-order valence-electron chi connectivity index (χ3n) is 3.95. The van der Waals surface area contributed by atoms with E-state index in [1.807, 2.05) is 6.20 Å². The maximum absolute atomic E-state index is 4.66. The quantitative estimate of drug-likeness (QED) is 0.899. The molecule has 2 heterocycles. The lowest BCUT2D eigenvalue weighted by Gasteiger charge is -2.29. The maximum atomic E-state index is 4.66. The summed E-state index contributed by atoms with van der Waals surface area (Å²) in [7, 11) is 0. The van der Waals surface area contributed by atoms with Gasteiger partial charge in [-0.15, -0.1) is 0 Å². The van der Waals surface area contributed by atoms with Gasteiger partial charge in [0.15, 0.2) is 0 Å². The summed E-state index contributed by atoms with van der Waals surface area (Å²) in [6, 6.07) is 4.64. The van der Waals surface area contributed by atoms with E-state index >= 15 is 0 Å². The van der Waals surface area contributed by atoms with E-state index in [4.69, 9.17) is 0 Å². The Morgan fingerprint density at radius 1 is 1.21 bits per heavy atom. The van der Waals surface area contributed by atoms with Crippen molar-refractivity contribution in [2.45, 2.75) is 52.0 Å². The number of rotatable bonds is 4. The van der Waals surface area contributed by atoms with Crippen molar-refractivity contribution in [1.29, 1.82) is 0 Å². The van der Waals surface area contributed by atoms with Gasteiger partial charge in [0, 0.05) is 30.9 Å². The summed E-state index contributed by atoms with van der Waals surface area (Å²) >= 11 is 0. The molecule has 1 fully saturated rings. The molecule has 0 radical (unpaired) electrons. The van der Waals surface area contributed by atoms with Crippen LogP contribution in [0.25, 0.3) is 0 Å². The summed E-state index contributed by atoms with van der Waals surface area (Å²) in [6.45, 7) is 7.69. The van der Waals surface area contributed by atoms with E-state index in [2.05, 4.69) is 41.2 Å². The molecule has 0 saturated carbocycles. The van der Waals surface area contributed by atoms with Gasteiger partial charge in [0.05, 0.1) is 0 Å². The first kappa shape index (κ1) is 14.3. The average molecular weight is 261 g/mol. The molecule has 0 amide bonds. The molecule has 1 N–H and O–H groups in total. The summed E-state index contributed by atoms with van der Waals surface area (Å²) < 4.78 is 0. The average Bonchev–Trinajstić information content (AvgIpc) is 2.39. The third-order valence-corrected chi connectivity index (χ3v) is 3.95. The Bertz CT molecular complexity index is 370. The summed E-state index contributed by atoms with van der Waals surface area (Å²) in [4.78, 5) is 7.15. The second kappa shape index (κ2) is 7.49. The molecule has 1 unspecified atom stereocenters. The van der Waals surface area contributed by atoms with Crippen LogP contribution in [0.15, 0.2) is 18.3 Å². The van der Waals surface area contributed by atoms with Crippen molar-refractivity contribution in [1.82, 2.24) is 10.3 Å². The molecule has 0 aliphatic carbocycles. The fraction of sp³-hybridized carbons (Fsp3) is 0.688. The van der Waals surface area contributed by atoms with Gasteiger partial charge in [0.2, 0.25) is 0 Å². The molecule has 19 heavy (non-hydrogen) atoms. The summed E-state index contributed by atoms with van der Waals surface area (Å²) in [5.74, 6) is 1.19. The summed E-state index contributed by atoms with van der Waals surface area (Å²) in [6.07, 6.45) is 8.65. The highest BCUT2D eigenvalue weighted by molar-refractivity contribution is 5.48. The van der Waals surface area contributed by atoms with Crippen molar-refractivity contribution in [2.24, 2.45) is 0 Å². The minimum absolute atomic E-state index is 0.374. The molecule has 0 spiro atoms. The molecule has 106 valence electrons. The van der Waals surface area contributed by atoms with E-state index in [-0.39, 0.29) is 0 Å². The minimum Gasteiger partial charge on any atom is -0.356 e. The van der Waals surface area contributed by atoms with E-state index in [9.17, 15) is 0 Å². The van der Waals surface area contributed by atoms with Crippen LogP contribution in [0.1, 0.15) is 57.6 Å². The van der Waals surface area contributed by atoms with Gasteiger partial charge in [-0.25, -0.2) is 4.98 Å². The van der Waals surface area contributed by atoms with Gasteiger partial charge in [-0.2, -0.15) is 0 Å². The van der Waals surface area contributed by atoms with Crippen LogP contribution in [0.3, 0.4) is 0 Å². The van der Waals surface area contributed by atoms with Crippen LogP contribution in [0.5, 0.6) is 0 Å². The van der Waals surface area contributed by atoms with Crippen molar-refractivity contribution in [3.8, 4) is 0 Å². The molecule has 1 saturated heterocycles. The van der Waals surface area contributed by atoms with E-state index < -0.39 is 0 Å². The van der Waals surface area contributed by atoms with Gasteiger partial charge < -0.3 is 10.2 Å². The highest BCUT2D eigenvalue weighted by Crippen LogP contribution is 2.25. The number of nitrogens with zero attached hydrogens (tertiary/aromatic N) is 2. The molecule has 2 rings (SSSR count). The van der Waals surface area contributed by atoms with Crippen molar-refractivity contribution in [3.05, 3.63) is 23.9 Å². The normalized spacial score (nSPS) is 18.7. The van der Waals surface area contributed by atoms with E-state index in [0.717, 1.165) is 19.6 Å². The lowest BCUT2D eigenvalue weighted by atomic mass is 10.1. The highest BCUT2D eigenvalue weighted by Gasteiger charge is 2.16. The van der Waals surface area contributed by atoms with Gasteiger partial charge in [-0.1, -0.05) is 32.3 Å². The van der Waals surface area contributed by atoms with Crippen LogP contribution < -0.4 is 10.2 Å². The second-order valence-electron chi connectivity index (χ2n) is 5.45. The lowest BCUT2D eigenvalue weighted by Crippen LogP contribution is -2.30. The van der Waals surface area contributed by atoms with Crippen LogP contribution in [0.4, 0.5) is 5.82 Å². The Labute approximate surface area is 117 Å². The van der Waals surface area contributed by atoms with E-state index in [1.165, 1.54) is 43.5 Å². The smallest absolute Gasteiger partial charge is 0.133 e.